The number of amides is 1. The smallest absolute Gasteiger partial charge is 0.250 e. The fourth-order valence-corrected chi connectivity index (χ4v) is 1.26. The number of hydrogen-bond acceptors (Lipinski definition) is 3. The maximum atomic E-state index is 12.7. The van der Waals surface area contributed by atoms with Crippen LogP contribution >= 0.6 is 0 Å². The highest BCUT2D eigenvalue weighted by Crippen LogP contribution is 2.04. The zero-order valence-corrected chi connectivity index (χ0v) is 9.38. The third-order valence-electron chi connectivity index (χ3n) is 2.10. The van der Waals surface area contributed by atoms with Crippen molar-refractivity contribution < 1.29 is 9.18 Å². The molecule has 0 saturated heterocycles. The van der Waals surface area contributed by atoms with Gasteiger partial charge in [0.05, 0.1) is 0 Å². The van der Waals surface area contributed by atoms with Crippen molar-refractivity contribution in [3.8, 4) is 0 Å². The Morgan fingerprint density at radius 1 is 1.17 bits per heavy atom. The summed E-state index contributed by atoms with van der Waals surface area (Å²) in [7, 11) is 0. The number of anilines is 1. The molecule has 0 aliphatic rings. The zero-order valence-electron chi connectivity index (χ0n) is 9.38. The van der Waals surface area contributed by atoms with E-state index in [-0.39, 0.29) is 17.7 Å². The van der Waals surface area contributed by atoms with Gasteiger partial charge in [0, 0.05) is 18.5 Å². The first-order valence-electron chi connectivity index (χ1n) is 5.26. The van der Waals surface area contributed by atoms with Crippen LogP contribution in [0, 0.1) is 5.82 Å². The number of hydrogen-bond donors (Lipinski definition) is 1. The van der Waals surface area contributed by atoms with E-state index in [0.717, 1.165) is 5.56 Å². The Kier molecular flexibility index (Phi) is 3.76. The Morgan fingerprint density at radius 3 is 2.50 bits per heavy atom. The van der Waals surface area contributed by atoms with Gasteiger partial charge in [0.1, 0.15) is 5.82 Å². The molecule has 1 heterocycles. The second-order valence-corrected chi connectivity index (χ2v) is 3.45. The van der Waals surface area contributed by atoms with Crippen molar-refractivity contribution >= 4 is 17.9 Å². The Hall–Kier alpha value is -2.56. The lowest BCUT2D eigenvalue weighted by atomic mass is 10.2. The average molecular weight is 243 g/mol. The maximum absolute atomic E-state index is 12.7. The summed E-state index contributed by atoms with van der Waals surface area (Å²) in [4.78, 5) is 19.2. The first-order chi connectivity index (χ1) is 8.74. The van der Waals surface area contributed by atoms with Crippen LogP contribution in [0.3, 0.4) is 0 Å². The molecule has 2 aromatic rings. The second-order valence-electron chi connectivity index (χ2n) is 3.45. The lowest BCUT2D eigenvalue weighted by molar-refractivity contribution is -0.111. The molecule has 90 valence electrons. The maximum Gasteiger partial charge on any atom is 0.250 e. The molecule has 0 bridgehead atoms. The molecule has 0 aliphatic heterocycles. The molecule has 0 spiro atoms. The molecule has 1 aromatic heterocycles. The summed E-state index contributed by atoms with van der Waals surface area (Å²) in [5.41, 5.74) is 0.737. The summed E-state index contributed by atoms with van der Waals surface area (Å²) in [5.74, 6) is -0.411. The van der Waals surface area contributed by atoms with Crippen LogP contribution in [0.5, 0.6) is 0 Å². The standard InChI is InChI=1S/C13H10FN3O/c14-11-5-2-10(3-6-11)4-7-12(18)17-13-15-8-1-9-16-13/h1-9H,(H,15,16,17,18). The highest BCUT2D eigenvalue weighted by atomic mass is 19.1. The van der Waals surface area contributed by atoms with E-state index in [1.807, 2.05) is 0 Å². The van der Waals surface area contributed by atoms with E-state index < -0.39 is 0 Å². The van der Waals surface area contributed by atoms with Crippen LogP contribution < -0.4 is 5.32 Å². The first-order valence-corrected chi connectivity index (χ1v) is 5.26. The van der Waals surface area contributed by atoms with Crippen molar-refractivity contribution in [3.05, 3.63) is 60.2 Å². The molecule has 1 aromatic carbocycles. The van der Waals surface area contributed by atoms with Gasteiger partial charge >= 0.3 is 0 Å². The van der Waals surface area contributed by atoms with Crippen LogP contribution in [0.1, 0.15) is 5.56 Å². The van der Waals surface area contributed by atoms with Crippen molar-refractivity contribution in [3.63, 3.8) is 0 Å². The van der Waals surface area contributed by atoms with Gasteiger partial charge in [-0.05, 0) is 29.8 Å². The molecule has 18 heavy (non-hydrogen) atoms. The minimum absolute atomic E-state index is 0.242. The lowest BCUT2D eigenvalue weighted by Gasteiger charge is -1.98. The van der Waals surface area contributed by atoms with E-state index in [2.05, 4.69) is 15.3 Å². The van der Waals surface area contributed by atoms with Gasteiger partial charge in [-0.1, -0.05) is 12.1 Å². The predicted octanol–water partition coefficient (Wildman–Crippen LogP) is 2.27. The van der Waals surface area contributed by atoms with Gasteiger partial charge in [-0.2, -0.15) is 0 Å². The number of carbonyl (C=O) groups excluding carboxylic acids is 1. The van der Waals surface area contributed by atoms with E-state index in [1.54, 1.807) is 24.3 Å². The van der Waals surface area contributed by atoms with E-state index in [9.17, 15) is 9.18 Å². The molecule has 0 fully saturated rings. The van der Waals surface area contributed by atoms with Crippen LogP contribution in [0.15, 0.2) is 48.8 Å². The van der Waals surface area contributed by atoms with Crippen molar-refractivity contribution in [2.75, 3.05) is 5.32 Å². The molecule has 4 nitrogen and oxygen atoms in total. The average Bonchev–Trinajstić information content (AvgIpc) is 2.39. The lowest BCUT2D eigenvalue weighted by Crippen LogP contribution is -2.10. The third kappa shape index (κ3) is 3.48. The molecule has 1 amide bonds. The predicted molar refractivity (Wildman–Crippen MR) is 66.1 cm³/mol. The van der Waals surface area contributed by atoms with Crippen LogP contribution in [0.25, 0.3) is 6.08 Å². The molecule has 2 rings (SSSR count). The third-order valence-corrected chi connectivity index (χ3v) is 2.10. The Morgan fingerprint density at radius 2 is 1.83 bits per heavy atom. The van der Waals surface area contributed by atoms with Crippen LogP contribution in [-0.4, -0.2) is 15.9 Å². The van der Waals surface area contributed by atoms with Crippen molar-refractivity contribution in [2.24, 2.45) is 0 Å². The molecular weight excluding hydrogens is 233 g/mol. The summed E-state index contributed by atoms with van der Waals surface area (Å²) in [6.07, 6.45) is 5.99. The fraction of sp³-hybridized carbons (Fsp3) is 0. The summed E-state index contributed by atoms with van der Waals surface area (Å²) in [6, 6.07) is 7.48. The van der Waals surface area contributed by atoms with Gasteiger partial charge in [0.2, 0.25) is 5.95 Å². The van der Waals surface area contributed by atoms with Gasteiger partial charge < -0.3 is 0 Å². The molecule has 1 N–H and O–H groups in total. The fourth-order valence-electron chi connectivity index (χ4n) is 1.26. The number of nitrogens with zero attached hydrogens (tertiary/aromatic N) is 2. The topological polar surface area (TPSA) is 54.9 Å². The van der Waals surface area contributed by atoms with Crippen LogP contribution in [0.2, 0.25) is 0 Å². The van der Waals surface area contributed by atoms with E-state index in [4.69, 9.17) is 0 Å². The molecule has 0 unspecified atom stereocenters. The van der Waals surface area contributed by atoms with Gasteiger partial charge in [-0.3, -0.25) is 10.1 Å². The molecule has 0 radical (unpaired) electrons. The highest BCUT2D eigenvalue weighted by molar-refractivity contribution is 6.00. The molecular formula is C13H10FN3O. The second kappa shape index (κ2) is 5.67. The van der Waals surface area contributed by atoms with E-state index in [1.165, 1.54) is 30.6 Å². The van der Waals surface area contributed by atoms with E-state index >= 15 is 0 Å². The summed E-state index contributed by atoms with van der Waals surface area (Å²) < 4.78 is 12.7. The molecule has 0 saturated carbocycles. The van der Waals surface area contributed by atoms with E-state index in [0.29, 0.717) is 0 Å². The summed E-state index contributed by atoms with van der Waals surface area (Å²) in [5, 5.41) is 2.50. The number of rotatable bonds is 3. The Bertz CT molecular complexity index is 552. The number of benzene rings is 1. The minimum atomic E-state index is -0.342. The summed E-state index contributed by atoms with van der Waals surface area (Å²) >= 11 is 0. The normalized spacial score (nSPS) is 10.5. The largest absolute Gasteiger partial charge is 0.291 e. The van der Waals surface area contributed by atoms with Crippen LogP contribution in [0.4, 0.5) is 10.3 Å². The number of carbonyl (C=O) groups is 1. The SMILES string of the molecule is O=C(C=Cc1ccc(F)cc1)Nc1ncccn1. The van der Waals surface area contributed by atoms with Crippen molar-refractivity contribution in [1.29, 1.82) is 0 Å². The quantitative estimate of drug-likeness (QED) is 0.841. The van der Waals surface area contributed by atoms with Gasteiger partial charge in [-0.25, -0.2) is 14.4 Å². The zero-order chi connectivity index (χ0) is 12.8. The minimum Gasteiger partial charge on any atom is -0.291 e. The molecule has 5 heteroatoms. The monoisotopic (exact) mass is 243 g/mol. The molecule has 0 atom stereocenters. The van der Waals surface area contributed by atoms with Gasteiger partial charge in [0.15, 0.2) is 0 Å². The Balaban J connectivity index is 1.97. The number of nitrogens with one attached hydrogen (secondary N) is 1. The summed E-state index contributed by atoms with van der Waals surface area (Å²) in [6.45, 7) is 0. The Labute approximate surface area is 103 Å². The van der Waals surface area contributed by atoms with Crippen molar-refractivity contribution in [1.82, 2.24) is 9.97 Å². The number of halogens is 1. The molecule has 0 aliphatic carbocycles. The van der Waals surface area contributed by atoms with Gasteiger partial charge in [0.25, 0.3) is 5.91 Å². The van der Waals surface area contributed by atoms with Crippen molar-refractivity contribution in [2.45, 2.75) is 0 Å². The van der Waals surface area contributed by atoms with Crippen LogP contribution in [-0.2, 0) is 4.79 Å². The van der Waals surface area contributed by atoms with Gasteiger partial charge in [-0.15, -0.1) is 0 Å². The highest BCUT2D eigenvalue weighted by Gasteiger charge is 1.98. The number of aromatic nitrogens is 2. The first kappa shape index (κ1) is 11.9.